The molecule has 6 heteroatoms. The first kappa shape index (κ1) is 21.1. The Morgan fingerprint density at radius 1 is 1.19 bits per heavy atom. The average Bonchev–Trinajstić information content (AvgIpc) is 3.16. The molecule has 1 saturated heterocycles. The second kappa shape index (κ2) is 10.8. The van der Waals surface area contributed by atoms with E-state index in [1.165, 1.54) is 10.5 Å². The van der Waals surface area contributed by atoms with Crippen LogP contribution in [0.15, 0.2) is 30.3 Å². The molecule has 2 rings (SSSR count). The van der Waals surface area contributed by atoms with Gasteiger partial charge < -0.3 is 14.7 Å². The minimum absolute atomic E-state index is 0.0703. The minimum atomic E-state index is -1.32. The standard InChI is InChI=1S/C21H29NO5/c1-2-27-21(26)20(25)18-12-7-15-22(18)19(24)14-13-17(23)11-6-10-16-8-4-3-5-9-16/h3-5,8-9,18,20,25H,2,6-7,10-15H2,1H3. The van der Waals surface area contributed by atoms with E-state index in [-0.39, 0.29) is 31.1 Å². The van der Waals surface area contributed by atoms with Gasteiger partial charge in [0.15, 0.2) is 6.10 Å². The van der Waals surface area contributed by atoms with Crippen LogP contribution in [0.5, 0.6) is 0 Å². The molecule has 0 aliphatic carbocycles. The zero-order chi connectivity index (χ0) is 19.6. The highest BCUT2D eigenvalue weighted by Gasteiger charge is 2.37. The number of aliphatic hydroxyl groups is 1. The molecular formula is C21H29NO5. The van der Waals surface area contributed by atoms with Crippen molar-refractivity contribution < 1.29 is 24.2 Å². The Labute approximate surface area is 160 Å². The lowest BCUT2D eigenvalue weighted by molar-refractivity contribution is -0.157. The number of nitrogens with zero attached hydrogens (tertiary/aromatic N) is 1. The predicted octanol–water partition coefficient (Wildman–Crippen LogP) is 2.27. The van der Waals surface area contributed by atoms with E-state index in [9.17, 15) is 19.5 Å². The normalized spacial score (nSPS) is 17.6. The van der Waals surface area contributed by atoms with Gasteiger partial charge in [0, 0.05) is 25.8 Å². The summed E-state index contributed by atoms with van der Waals surface area (Å²) in [5.41, 5.74) is 1.20. The number of carbonyl (C=O) groups excluding carboxylic acids is 3. The number of ether oxygens (including phenoxy) is 1. The van der Waals surface area contributed by atoms with E-state index in [4.69, 9.17) is 4.74 Å². The summed E-state index contributed by atoms with van der Waals surface area (Å²) in [6.45, 7) is 2.36. The Balaban J connectivity index is 1.73. The smallest absolute Gasteiger partial charge is 0.337 e. The maximum Gasteiger partial charge on any atom is 0.337 e. The van der Waals surface area contributed by atoms with Crippen molar-refractivity contribution in [2.24, 2.45) is 0 Å². The van der Waals surface area contributed by atoms with E-state index >= 15 is 0 Å². The first-order valence-electron chi connectivity index (χ1n) is 9.72. The van der Waals surface area contributed by atoms with Crippen molar-refractivity contribution in [2.45, 2.75) is 64.0 Å². The average molecular weight is 375 g/mol. The monoisotopic (exact) mass is 375 g/mol. The molecule has 2 unspecified atom stereocenters. The van der Waals surface area contributed by atoms with Gasteiger partial charge >= 0.3 is 5.97 Å². The summed E-state index contributed by atoms with van der Waals surface area (Å²) in [4.78, 5) is 37.8. The number of carbonyl (C=O) groups is 3. The Hall–Kier alpha value is -2.21. The highest BCUT2D eigenvalue weighted by Crippen LogP contribution is 2.22. The van der Waals surface area contributed by atoms with Crippen molar-refractivity contribution in [1.82, 2.24) is 4.90 Å². The van der Waals surface area contributed by atoms with Crippen molar-refractivity contribution in [1.29, 1.82) is 0 Å². The molecule has 0 spiro atoms. The predicted molar refractivity (Wildman–Crippen MR) is 101 cm³/mol. The van der Waals surface area contributed by atoms with Gasteiger partial charge in [-0.15, -0.1) is 0 Å². The fourth-order valence-corrected chi connectivity index (χ4v) is 3.46. The number of hydrogen-bond acceptors (Lipinski definition) is 5. The van der Waals surface area contributed by atoms with Crippen LogP contribution in [0.1, 0.15) is 51.0 Å². The highest BCUT2D eigenvalue weighted by molar-refractivity contribution is 5.86. The molecule has 148 valence electrons. The van der Waals surface area contributed by atoms with Crippen molar-refractivity contribution in [3.63, 3.8) is 0 Å². The van der Waals surface area contributed by atoms with Crippen LogP contribution >= 0.6 is 0 Å². The summed E-state index contributed by atoms with van der Waals surface area (Å²) in [6.07, 6.45) is 2.37. The van der Waals surface area contributed by atoms with Crippen molar-refractivity contribution in [3.05, 3.63) is 35.9 Å². The quantitative estimate of drug-likeness (QED) is 0.634. The molecule has 0 saturated carbocycles. The molecule has 2 atom stereocenters. The van der Waals surface area contributed by atoms with Gasteiger partial charge in [0.2, 0.25) is 5.91 Å². The Bertz CT molecular complexity index is 631. The van der Waals surface area contributed by atoms with E-state index in [1.807, 2.05) is 30.3 Å². The number of Topliss-reactive ketones (excluding diaryl/α,β-unsaturated/α-hetero) is 1. The summed E-state index contributed by atoms with van der Waals surface area (Å²) in [5, 5.41) is 10.1. The lowest BCUT2D eigenvalue weighted by Gasteiger charge is -2.27. The first-order valence-corrected chi connectivity index (χ1v) is 9.72. The number of benzene rings is 1. The summed E-state index contributed by atoms with van der Waals surface area (Å²) in [7, 11) is 0. The lowest BCUT2D eigenvalue weighted by Crippen LogP contribution is -2.46. The fourth-order valence-electron chi connectivity index (χ4n) is 3.46. The van der Waals surface area contributed by atoms with Gasteiger partial charge in [-0.2, -0.15) is 0 Å². The zero-order valence-corrected chi connectivity index (χ0v) is 15.9. The van der Waals surface area contributed by atoms with E-state index in [0.29, 0.717) is 19.4 Å². The number of likely N-dealkylation sites (tertiary alicyclic amines) is 1. The summed E-state index contributed by atoms with van der Waals surface area (Å²) in [5.74, 6) is -0.808. The van der Waals surface area contributed by atoms with Crippen molar-refractivity contribution >= 4 is 17.7 Å². The number of esters is 1. The van der Waals surface area contributed by atoms with E-state index in [0.717, 1.165) is 19.3 Å². The number of ketones is 1. The van der Waals surface area contributed by atoms with Crippen LogP contribution in [0.3, 0.4) is 0 Å². The molecule has 1 fully saturated rings. The van der Waals surface area contributed by atoms with Gasteiger partial charge in [0.1, 0.15) is 5.78 Å². The van der Waals surface area contributed by atoms with Crippen molar-refractivity contribution in [2.75, 3.05) is 13.2 Å². The Morgan fingerprint density at radius 2 is 1.93 bits per heavy atom. The van der Waals surface area contributed by atoms with Crippen LogP contribution < -0.4 is 0 Å². The molecule has 0 radical (unpaired) electrons. The van der Waals surface area contributed by atoms with Gasteiger partial charge in [-0.3, -0.25) is 9.59 Å². The summed E-state index contributed by atoms with van der Waals surface area (Å²) in [6, 6.07) is 9.45. The number of rotatable bonds is 10. The largest absolute Gasteiger partial charge is 0.464 e. The van der Waals surface area contributed by atoms with Gasteiger partial charge in [0.05, 0.1) is 12.6 Å². The summed E-state index contributed by atoms with van der Waals surface area (Å²) >= 11 is 0. The Morgan fingerprint density at radius 3 is 2.63 bits per heavy atom. The molecule has 0 bridgehead atoms. The molecule has 1 heterocycles. The van der Waals surface area contributed by atoms with Crippen LogP contribution in [-0.2, 0) is 25.5 Å². The van der Waals surface area contributed by atoms with Crippen LogP contribution in [0, 0.1) is 0 Å². The number of aliphatic hydroxyl groups excluding tert-OH is 1. The van der Waals surface area contributed by atoms with Crippen LogP contribution in [0.2, 0.25) is 0 Å². The second-order valence-corrected chi connectivity index (χ2v) is 6.87. The van der Waals surface area contributed by atoms with Gasteiger partial charge in [-0.1, -0.05) is 30.3 Å². The Kier molecular flexibility index (Phi) is 8.45. The minimum Gasteiger partial charge on any atom is -0.464 e. The first-order chi connectivity index (χ1) is 13.0. The molecule has 6 nitrogen and oxygen atoms in total. The maximum atomic E-state index is 12.5. The number of aryl methyl sites for hydroxylation is 1. The molecule has 1 aliphatic heterocycles. The molecule has 1 aromatic rings. The SMILES string of the molecule is CCOC(=O)C(O)C1CCCN1C(=O)CCC(=O)CCCc1ccccc1. The highest BCUT2D eigenvalue weighted by atomic mass is 16.5. The zero-order valence-electron chi connectivity index (χ0n) is 15.9. The molecular weight excluding hydrogens is 346 g/mol. The van der Waals surface area contributed by atoms with Gasteiger partial charge in [0.25, 0.3) is 0 Å². The van der Waals surface area contributed by atoms with Crippen molar-refractivity contribution in [3.8, 4) is 0 Å². The lowest BCUT2D eigenvalue weighted by atomic mass is 10.0. The third-order valence-electron chi connectivity index (χ3n) is 4.89. The molecule has 1 aromatic carbocycles. The van der Waals surface area contributed by atoms with E-state index < -0.39 is 18.1 Å². The van der Waals surface area contributed by atoms with Crippen LogP contribution in [-0.4, -0.2) is 53.0 Å². The van der Waals surface area contributed by atoms with E-state index in [1.54, 1.807) is 6.92 Å². The summed E-state index contributed by atoms with van der Waals surface area (Å²) < 4.78 is 4.84. The molecule has 27 heavy (non-hydrogen) atoms. The third-order valence-corrected chi connectivity index (χ3v) is 4.89. The number of hydrogen-bond donors (Lipinski definition) is 1. The van der Waals surface area contributed by atoms with Crippen LogP contribution in [0.4, 0.5) is 0 Å². The van der Waals surface area contributed by atoms with Gasteiger partial charge in [-0.05, 0) is 38.2 Å². The van der Waals surface area contributed by atoms with Gasteiger partial charge in [-0.25, -0.2) is 4.79 Å². The van der Waals surface area contributed by atoms with Crippen LogP contribution in [0.25, 0.3) is 0 Å². The molecule has 1 amide bonds. The topological polar surface area (TPSA) is 83.9 Å². The molecule has 1 N–H and O–H groups in total. The second-order valence-electron chi connectivity index (χ2n) is 6.87. The molecule has 1 aliphatic rings. The number of amides is 1. The maximum absolute atomic E-state index is 12.5. The third kappa shape index (κ3) is 6.47. The fraction of sp³-hybridized carbons (Fsp3) is 0.571. The molecule has 0 aromatic heterocycles. The van der Waals surface area contributed by atoms with E-state index in [2.05, 4.69) is 0 Å².